The Labute approximate surface area is 102 Å². The van der Waals surface area contributed by atoms with Crippen molar-refractivity contribution in [2.24, 2.45) is 10.8 Å². The first-order valence-corrected chi connectivity index (χ1v) is 5.86. The third kappa shape index (κ3) is 2.17. The Morgan fingerprint density at radius 2 is 2.24 bits per heavy atom. The number of Topliss-reactive ketones (excluding diaryl/α,β-unsaturated/α-hetero) is 1. The number of amides is 2. The molecule has 0 saturated carbocycles. The van der Waals surface area contributed by atoms with Crippen LogP contribution in [0.4, 0.5) is 4.79 Å². The molecule has 1 aromatic heterocycles. The monoisotopic (exact) mass is 250 g/mol. The smallest absolute Gasteiger partial charge is 0.316 e. The van der Waals surface area contributed by atoms with Gasteiger partial charge < -0.3 is 5.73 Å². The quantitative estimate of drug-likeness (QED) is 0.657. The second-order valence-corrected chi connectivity index (χ2v) is 4.92. The van der Waals surface area contributed by atoms with Crippen LogP contribution in [-0.4, -0.2) is 22.6 Å². The Morgan fingerprint density at radius 3 is 2.71 bits per heavy atom. The second kappa shape index (κ2) is 4.23. The minimum atomic E-state index is -0.534. The number of rotatable bonds is 3. The van der Waals surface area contributed by atoms with Gasteiger partial charge >= 0.3 is 6.03 Å². The maximum absolute atomic E-state index is 11.4. The molecular weight excluding hydrogens is 238 g/mol. The molecule has 0 spiro atoms. The van der Waals surface area contributed by atoms with Gasteiger partial charge in [-0.3, -0.25) is 4.79 Å². The van der Waals surface area contributed by atoms with Crippen molar-refractivity contribution in [3.05, 3.63) is 34.2 Å². The molecule has 0 bridgehead atoms. The Bertz CT molecular complexity index is 519. The van der Waals surface area contributed by atoms with E-state index >= 15 is 0 Å². The summed E-state index contributed by atoms with van der Waals surface area (Å²) in [5.41, 5.74) is 5.35. The zero-order chi connectivity index (χ0) is 12.5. The molecule has 2 N–H and O–H groups in total. The van der Waals surface area contributed by atoms with Gasteiger partial charge in [0.05, 0.1) is 16.0 Å². The summed E-state index contributed by atoms with van der Waals surface area (Å²) in [4.78, 5) is 24.2. The maximum atomic E-state index is 11.4. The molecule has 1 aliphatic heterocycles. The van der Waals surface area contributed by atoms with E-state index in [0.717, 1.165) is 4.88 Å². The van der Waals surface area contributed by atoms with E-state index in [4.69, 9.17) is 5.73 Å². The summed E-state index contributed by atoms with van der Waals surface area (Å²) in [6.07, 6.45) is 4.87. The average molecular weight is 250 g/mol. The van der Waals surface area contributed by atoms with E-state index in [1.807, 2.05) is 6.07 Å². The molecule has 0 fully saturated rings. The number of nitrogens with two attached hydrogens (primary N) is 1. The van der Waals surface area contributed by atoms with Gasteiger partial charge in [0, 0.05) is 6.08 Å². The summed E-state index contributed by atoms with van der Waals surface area (Å²) in [5.74, 6) is 0.0207. The fraction of sp³-hybridized carbons (Fsp3) is 0.182. The van der Waals surface area contributed by atoms with Crippen molar-refractivity contribution in [2.75, 3.05) is 0 Å². The first kappa shape index (κ1) is 11.7. The number of primary amides is 1. The minimum absolute atomic E-state index is 0.0207. The average Bonchev–Trinajstić information content (AvgIpc) is 2.88. The van der Waals surface area contributed by atoms with Crippen LogP contribution in [0.3, 0.4) is 0 Å². The summed E-state index contributed by atoms with van der Waals surface area (Å²) in [7, 11) is 0. The summed E-state index contributed by atoms with van der Waals surface area (Å²) < 4.78 is -0.266. The molecule has 2 heterocycles. The molecule has 2 rings (SSSR count). The molecular formula is C11H12N3O2S+. The van der Waals surface area contributed by atoms with E-state index in [2.05, 4.69) is 5.10 Å². The minimum Gasteiger partial charge on any atom is -0.316 e. The fourth-order valence-electron chi connectivity index (χ4n) is 1.57. The van der Waals surface area contributed by atoms with Gasteiger partial charge in [-0.15, -0.1) is 11.3 Å². The van der Waals surface area contributed by atoms with Gasteiger partial charge in [0.25, 0.3) is 0 Å². The zero-order valence-corrected chi connectivity index (χ0v) is 10.1. The molecule has 88 valence electrons. The normalized spacial score (nSPS) is 21.9. The molecule has 1 aliphatic rings. The zero-order valence-electron chi connectivity index (χ0n) is 9.29. The van der Waals surface area contributed by atoms with E-state index in [-0.39, 0.29) is 10.4 Å². The topological polar surface area (TPSA) is 72.5 Å². The molecule has 0 aromatic carbocycles. The Balaban J connectivity index is 2.24. The molecule has 1 unspecified atom stereocenters. The van der Waals surface area contributed by atoms with Crippen LogP contribution in [0.5, 0.6) is 0 Å². The predicted molar refractivity (Wildman–Crippen MR) is 65.5 cm³/mol. The number of thiophene rings is 1. The van der Waals surface area contributed by atoms with Crippen molar-refractivity contribution in [3.63, 3.8) is 0 Å². The first-order valence-electron chi connectivity index (χ1n) is 5.04. The lowest BCUT2D eigenvalue weighted by atomic mass is 10.3. The molecule has 2 amide bonds. The van der Waals surface area contributed by atoms with E-state index in [1.165, 1.54) is 18.3 Å². The lowest BCUT2D eigenvalue weighted by Crippen LogP contribution is -2.44. The third-order valence-corrected chi connectivity index (χ3v) is 3.65. The third-order valence-electron chi connectivity index (χ3n) is 2.48. The molecule has 0 radical (unpaired) electrons. The van der Waals surface area contributed by atoms with Crippen molar-refractivity contribution >= 4 is 29.4 Å². The molecule has 6 heteroatoms. The standard InChI is InChI=1S/C11H11N3O2S/c1-8(15)10-4-3-9(17-10)7-14(11(12)16)6-2-5-13-14/h2-6H,7H2,1H3,(H-,12,16)/p+1. The van der Waals surface area contributed by atoms with Crippen LogP contribution in [0.2, 0.25) is 0 Å². The van der Waals surface area contributed by atoms with E-state index in [0.29, 0.717) is 11.4 Å². The van der Waals surface area contributed by atoms with Crippen LogP contribution < -0.4 is 5.73 Å². The van der Waals surface area contributed by atoms with Gasteiger partial charge in [-0.2, -0.15) is 0 Å². The Kier molecular flexibility index (Phi) is 2.91. The second-order valence-electron chi connectivity index (χ2n) is 3.75. The number of hydrogen-bond donors (Lipinski definition) is 1. The van der Waals surface area contributed by atoms with Crippen LogP contribution in [0.1, 0.15) is 21.5 Å². The molecule has 5 nitrogen and oxygen atoms in total. The summed E-state index contributed by atoms with van der Waals surface area (Å²) >= 11 is 1.36. The van der Waals surface area contributed by atoms with Crippen molar-refractivity contribution < 1.29 is 14.2 Å². The van der Waals surface area contributed by atoms with Gasteiger partial charge in [-0.25, -0.2) is 4.79 Å². The van der Waals surface area contributed by atoms with Crippen LogP contribution in [0.25, 0.3) is 0 Å². The van der Waals surface area contributed by atoms with Gasteiger partial charge in [-0.05, 0) is 19.1 Å². The predicted octanol–water partition coefficient (Wildman–Crippen LogP) is 1.86. The Morgan fingerprint density at radius 1 is 1.47 bits per heavy atom. The maximum Gasteiger partial charge on any atom is 0.445 e. The largest absolute Gasteiger partial charge is 0.445 e. The molecule has 1 atom stereocenters. The highest BCUT2D eigenvalue weighted by molar-refractivity contribution is 7.14. The van der Waals surface area contributed by atoms with Crippen LogP contribution in [0.15, 0.2) is 29.5 Å². The first-order chi connectivity index (χ1) is 8.03. The van der Waals surface area contributed by atoms with Crippen molar-refractivity contribution in [1.82, 2.24) is 0 Å². The van der Waals surface area contributed by atoms with Gasteiger partial charge in [-0.1, -0.05) is 9.69 Å². The summed E-state index contributed by atoms with van der Waals surface area (Å²) in [6.45, 7) is 1.86. The number of carbonyl (C=O) groups excluding carboxylic acids is 2. The lowest BCUT2D eigenvalue weighted by molar-refractivity contribution is -0.814. The highest BCUT2D eigenvalue weighted by atomic mass is 32.1. The van der Waals surface area contributed by atoms with Gasteiger partial charge in [0.1, 0.15) is 6.20 Å². The number of nitrogens with zero attached hydrogens (tertiary/aromatic N) is 2. The summed E-state index contributed by atoms with van der Waals surface area (Å²) in [5, 5.41) is 4.06. The van der Waals surface area contributed by atoms with Crippen molar-refractivity contribution in [1.29, 1.82) is 0 Å². The van der Waals surface area contributed by atoms with Crippen molar-refractivity contribution in [3.8, 4) is 0 Å². The molecule has 1 aromatic rings. The fourth-order valence-corrected chi connectivity index (χ4v) is 2.53. The van der Waals surface area contributed by atoms with Crippen LogP contribution >= 0.6 is 11.3 Å². The number of allylic oxidation sites excluding steroid dienone is 1. The van der Waals surface area contributed by atoms with Gasteiger partial charge in [0.15, 0.2) is 12.3 Å². The SMILES string of the molecule is CC(=O)c1ccc(C[N+]2(C(N)=O)C=CC=N2)s1. The number of carbonyl (C=O) groups is 2. The lowest BCUT2D eigenvalue weighted by Gasteiger charge is -2.19. The van der Waals surface area contributed by atoms with E-state index in [1.54, 1.807) is 24.6 Å². The van der Waals surface area contributed by atoms with Crippen LogP contribution in [-0.2, 0) is 6.54 Å². The summed E-state index contributed by atoms with van der Waals surface area (Å²) in [6, 6.07) is 3.04. The molecule has 0 saturated heterocycles. The number of urea groups is 1. The number of hydrogen-bond acceptors (Lipinski definition) is 4. The Hall–Kier alpha value is -1.79. The van der Waals surface area contributed by atoms with E-state index < -0.39 is 6.03 Å². The van der Waals surface area contributed by atoms with Gasteiger partial charge in [0.2, 0.25) is 0 Å². The number of quaternary nitrogens is 1. The van der Waals surface area contributed by atoms with Crippen molar-refractivity contribution in [2.45, 2.75) is 13.5 Å². The molecule has 0 aliphatic carbocycles. The van der Waals surface area contributed by atoms with E-state index in [9.17, 15) is 9.59 Å². The highest BCUT2D eigenvalue weighted by Gasteiger charge is 2.35. The highest BCUT2D eigenvalue weighted by Crippen LogP contribution is 2.25. The number of ketones is 1. The van der Waals surface area contributed by atoms with Crippen LogP contribution in [0, 0.1) is 0 Å². The molecule has 17 heavy (non-hydrogen) atoms.